The second kappa shape index (κ2) is 10.6. The molecule has 0 aromatic heterocycles. The molecule has 9 nitrogen and oxygen atoms in total. The Morgan fingerprint density at radius 2 is 1.80 bits per heavy atom. The zero-order chi connectivity index (χ0) is 29.0. The molecule has 2 bridgehead atoms. The first-order valence-corrected chi connectivity index (χ1v) is 16.4. The van der Waals surface area contributed by atoms with Crippen molar-refractivity contribution in [1.82, 2.24) is 4.31 Å². The van der Waals surface area contributed by atoms with E-state index in [1.807, 2.05) is 0 Å². The van der Waals surface area contributed by atoms with Crippen LogP contribution in [0, 0.1) is 23.5 Å². The molecular weight excluding hydrogens is 590 g/mol. The van der Waals surface area contributed by atoms with Crippen molar-refractivity contribution >= 4 is 43.1 Å². The summed E-state index contributed by atoms with van der Waals surface area (Å²) in [5.41, 5.74) is -1.71. The fraction of sp³-hybridized carbons (Fsp3) is 0.500. The number of carbonyl (C=O) groups excluding carboxylic acids is 1. The molecule has 2 aromatic carbocycles. The quantitative estimate of drug-likeness (QED) is 0.433. The Bertz CT molecular complexity index is 1540. The number of rotatable bonds is 7. The summed E-state index contributed by atoms with van der Waals surface area (Å²) in [7, 11) is -7.59. The second-order valence-corrected chi connectivity index (χ2v) is 15.5. The lowest BCUT2D eigenvalue weighted by molar-refractivity contribution is -0.144. The molecule has 0 spiro atoms. The summed E-state index contributed by atoms with van der Waals surface area (Å²) in [4.78, 5) is 12.5. The molecular formula is C26H29ClF2N2O7S2. The molecule has 1 heterocycles. The van der Waals surface area contributed by atoms with Gasteiger partial charge in [-0.25, -0.2) is 25.6 Å². The Labute approximate surface area is 236 Å². The lowest BCUT2D eigenvalue weighted by Gasteiger charge is -2.45. The molecule has 218 valence electrons. The van der Waals surface area contributed by atoms with Crippen LogP contribution in [0.25, 0.3) is 0 Å². The third kappa shape index (κ3) is 5.16. The highest BCUT2D eigenvalue weighted by Crippen LogP contribution is 2.53. The summed E-state index contributed by atoms with van der Waals surface area (Å²) in [5.74, 6) is -4.16. The topological polar surface area (TPSA) is 141 Å². The minimum atomic E-state index is -4.10. The van der Waals surface area contributed by atoms with Gasteiger partial charge in [-0.3, -0.25) is 4.79 Å². The fourth-order valence-electron chi connectivity index (χ4n) is 6.39. The van der Waals surface area contributed by atoms with E-state index >= 15 is 0 Å². The number of carbonyl (C=O) groups is 1. The summed E-state index contributed by atoms with van der Waals surface area (Å²) in [5, 5.41) is 23.9. The number of nitrogens with one attached hydrogen (secondary N) is 1. The van der Waals surface area contributed by atoms with Crippen LogP contribution in [0.3, 0.4) is 0 Å². The molecule has 14 heteroatoms. The van der Waals surface area contributed by atoms with E-state index in [0.29, 0.717) is 19.3 Å². The normalized spacial score (nSPS) is 28.9. The van der Waals surface area contributed by atoms with Gasteiger partial charge >= 0.3 is 0 Å². The van der Waals surface area contributed by atoms with Gasteiger partial charge in [0.25, 0.3) is 5.91 Å². The number of aliphatic hydroxyl groups is 2. The Morgan fingerprint density at radius 3 is 2.40 bits per heavy atom. The van der Waals surface area contributed by atoms with E-state index in [1.54, 1.807) is 0 Å². The maximum Gasteiger partial charge on any atom is 0.255 e. The van der Waals surface area contributed by atoms with Crippen molar-refractivity contribution in [3.8, 4) is 0 Å². The number of amides is 1. The maximum absolute atomic E-state index is 13.7. The predicted molar refractivity (Wildman–Crippen MR) is 143 cm³/mol. The maximum atomic E-state index is 13.7. The zero-order valence-corrected chi connectivity index (χ0v) is 23.7. The molecule has 40 heavy (non-hydrogen) atoms. The van der Waals surface area contributed by atoms with Crippen LogP contribution in [0.15, 0.2) is 41.3 Å². The number of aliphatic hydroxyl groups excluding tert-OH is 1. The van der Waals surface area contributed by atoms with E-state index in [0.717, 1.165) is 24.3 Å². The number of hydrogen-bond acceptors (Lipinski definition) is 7. The van der Waals surface area contributed by atoms with Gasteiger partial charge in [0.1, 0.15) is 0 Å². The van der Waals surface area contributed by atoms with Crippen molar-refractivity contribution in [2.75, 3.05) is 24.2 Å². The Kier molecular flexibility index (Phi) is 7.77. The van der Waals surface area contributed by atoms with E-state index in [2.05, 4.69) is 5.32 Å². The van der Waals surface area contributed by atoms with E-state index < -0.39 is 66.2 Å². The minimum Gasteiger partial charge on any atom is -0.389 e. The van der Waals surface area contributed by atoms with Crippen molar-refractivity contribution in [3.05, 3.63) is 58.6 Å². The molecule has 0 radical (unpaired) electrons. The van der Waals surface area contributed by atoms with Gasteiger partial charge in [-0.15, -0.1) is 0 Å². The summed E-state index contributed by atoms with van der Waals surface area (Å²) >= 11 is 6.27. The van der Waals surface area contributed by atoms with Crippen molar-refractivity contribution in [2.24, 2.45) is 11.8 Å². The van der Waals surface area contributed by atoms with E-state index in [1.165, 1.54) is 16.4 Å². The molecule has 2 saturated carbocycles. The summed E-state index contributed by atoms with van der Waals surface area (Å²) < 4.78 is 79.9. The van der Waals surface area contributed by atoms with Gasteiger partial charge in [-0.2, -0.15) is 4.31 Å². The Balaban J connectivity index is 1.35. The van der Waals surface area contributed by atoms with E-state index in [-0.39, 0.29) is 52.9 Å². The van der Waals surface area contributed by atoms with Crippen LogP contribution in [0.5, 0.6) is 0 Å². The average molecular weight is 619 g/mol. The molecule has 1 amide bonds. The van der Waals surface area contributed by atoms with Gasteiger partial charge in [-0.1, -0.05) is 11.6 Å². The molecule has 3 aliphatic rings. The average Bonchev–Trinajstić information content (AvgIpc) is 3.27. The second-order valence-electron chi connectivity index (χ2n) is 10.8. The van der Waals surface area contributed by atoms with Crippen LogP contribution in [0.4, 0.5) is 14.5 Å². The molecule has 3 fully saturated rings. The first-order valence-electron chi connectivity index (χ1n) is 12.9. The lowest BCUT2D eigenvalue weighted by atomic mass is 9.71. The smallest absolute Gasteiger partial charge is 0.255 e. The number of hydrogen-bond donors (Lipinski definition) is 3. The summed E-state index contributed by atoms with van der Waals surface area (Å²) in [6.45, 7) is 0.0184. The van der Waals surface area contributed by atoms with Gasteiger partial charge in [0, 0.05) is 30.4 Å². The third-order valence-electron chi connectivity index (χ3n) is 8.50. The fourth-order valence-corrected chi connectivity index (χ4v) is 10.3. The van der Waals surface area contributed by atoms with Crippen LogP contribution in [-0.2, 0) is 19.9 Å². The highest BCUT2D eigenvalue weighted by atomic mass is 35.5. The molecule has 1 aliphatic heterocycles. The van der Waals surface area contributed by atoms with Gasteiger partial charge in [0.15, 0.2) is 21.5 Å². The van der Waals surface area contributed by atoms with Crippen LogP contribution in [0.1, 0.15) is 42.5 Å². The predicted octanol–water partition coefficient (Wildman–Crippen LogP) is 2.96. The number of anilines is 1. The number of halogens is 3. The highest BCUT2D eigenvalue weighted by molar-refractivity contribution is 7.92. The molecule has 3 atom stereocenters. The standard InChI is InChI=1S/C26H29ClF2N2O7S2/c27-20-6-2-15(25(33)30-18-5-7-21(28)22(29)13-18)10-23(20)40(37,38)19-11-16-3-4-17(12-19)26(16,34)24(32)14-31-8-1-9-39(31,35)36/h2,5-7,10,13,16-17,19,24,32,34H,1,3-4,8-9,11-12,14H2,(H,30,33). The number of nitrogens with zero attached hydrogens (tertiary/aromatic N) is 1. The van der Waals surface area contributed by atoms with Gasteiger partial charge < -0.3 is 15.5 Å². The first kappa shape index (κ1) is 29.3. The van der Waals surface area contributed by atoms with Crippen molar-refractivity contribution < 1.29 is 40.6 Å². The summed E-state index contributed by atoms with van der Waals surface area (Å²) in [6.07, 6.45) is 0.0808. The van der Waals surface area contributed by atoms with Crippen LogP contribution in [-0.4, -0.2) is 73.1 Å². The number of β-amino-alcohol motifs (C(OH)–C–C–N with tert-alkyl or cyclic N) is 1. The molecule has 3 N–H and O–H groups in total. The minimum absolute atomic E-state index is 0.00996. The molecule has 5 rings (SSSR count). The number of sulfonamides is 1. The number of benzene rings is 2. The number of fused-ring (bicyclic) bond motifs is 2. The van der Waals surface area contributed by atoms with Gasteiger partial charge in [-0.05, 0) is 74.3 Å². The van der Waals surface area contributed by atoms with Crippen LogP contribution < -0.4 is 5.32 Å². The first-order chi connectivity index (χ1) is 18.7. The SMILES string of the molecule is O=C(Nc1ccc(F)c(F)c1)c1ccc(Cl)c(S(=O)(=O)C2CC3CCC(C2)C3(O)C(O)CN2CCCS2(=O)=O)c1. The monoisotopic (exact) mass is 618 g/mol. The highest BCUT2D eigenvalue weighted by Gasteiger charge is 2.59. The Morgan fingerprint density at radius 1 is 1.12 bits per heavy atom. The number of sulfone groups is 1. The lowest BCUT2D eigenvalue weighted by Crippen LogP contribution is -2.58. The summed E-state index contributed by atoms with van der Waals surface area (Å²) in [6, 6.07) is 6.51. The van der Waals surface area contributed by atoms with E-state index in [4.69, 9.17) is 11.6 Å². The Hall–Kier alpha value is -2.16. The molecule has 2 aliphatic carbocycles. The van der Waals surface area contributed by atoms with Gasteiger partial charge in [0.2, 0.25) is 10.0 Å². The van der Waals surface area contributed by atoms with Gasteiger partial charge in [0.05, 0.1) is 32.6 Å². The van der Waals surface area contributed by atoms with Crippen molar-refractivity contribution in [3.63, 3.8) is 0 Å². The van der Waals surface area contributed by atoms with Crippen molar-refractivity contribution in [2.45, 2.75) is 54.0 Å². The van der Waals surface area contributed by atoms with Crippen LogP contribution >= 0.6 is 11.6 Å². The zero-order valence-electron chi connectivity index (χ0n) is 21.3. The third-order valence-corrected chi connectivity index (χ3v) is 13.1. The van der Waals surface area contributed by atoms with Crippen LogP contribution in [0.2, 0.25) is 5.02 Å². The molecule has 2 aromatic rings. The largest absolute Gasteiger partial charge is 0.389 e. The molecule has 1 saturated heterocycles. The van der Waals surface area contributed by atoms with Crippen molar-refractivity contribution in [1.29, 1.82) is 0 Å². The van der Waals surface area contributed by atoms with E-state index in [9.17, 15) is 40.6 Å². The molecule has 3 unspecified atom stereocenters.